The summed E-state index contributed by atoms with van der Waals surface area (Å²) in [6, 6.07) is 3.22. The summed E-state index contributed by atoms with van der Waals surface area (Å²) in [4.78, 5) is 27.6. The van der Waals surface area contributed by atoms with E-state index < -0.39 is 23.0 Å². The van der Waals surface area contributed by atoms with Gasteiger partial charge in [0.05, 0.1) is 12.1 Å². The van der Waals surface area contributed by atoms with Gasteiger partial charge in [0, 0.05) is 23.4 Å². The van der Waals surface area contributed by atoms with Crippen LogP contribution in [0.2, 0.25) is 0 Å². The van der Waals surface area contributed by atoms with Crippen molar-refractivity contribution in [1.82, 2.24) is 4.98 Å². The number of anilines is 1. The second-order valence-electron chi connectivity index (χ2n) is 6.66. The van der Waals surface area contributed by atoms with Crippen molar-refractivity contribution in [2.45, 2.75) is 38.5 Å². The smallest absolute Gasteiger partial charge is 0.303 e. The number of aromatic nitrogens is 1. The number of carboxylic acid groups (broad SMARTS) is 1. The zero-order chi connectivity index (χ0) is 18.7. The first-order valence-electron chi connectivity index (χ1n) is 8.29. The summed E-state index contributed by atoms with van der Waals surface area (Å²) >= 11 is 1.14. The third-order valence-electron chi connectivity index (χ3n) is 4.68. The molecule has 138 valence electrons. The van der Waals surface area contributed by atoms with E-state index in [4.69, 9.17) is 5.11 Å². The minimum absolute atomic E-state index is 0.0235. The van der Waals surface area contributed by atoms with Crippen molar-refractivity contribution < 1.29 is 23.5 Å². The van der Waals surface area contributed by atoms with E-state index in [2.05, 4.69) is 10.3 Å². The Kier molecular flexibility index (Phi) is 5.31. The standard InChI is InChI=1S/C18H18F2N2O3S/c19-11-3-4-12(13(20)7-11)14-10-26-17(21-14)22-15(23)8-18(9-16(24)25)5-1-2-6-18/h3-4,7,10H,1-2,5-6,8-9H2,(H,24,25)(H,21,22,23). The van der Waals surface area contributed by atoms with Crippen LogP contribution in [-0.2, 0) is 9.59 Å². The molecule has 1 fully saturated rings. The van der Waals surface area contributed by atoms with Gasteiger partial charge in [-0.05, 0) is 30.4 Å². The molecule has 1 saturated carbocycles. The van der Waals surface area contributed by atoms with Crippen LogP contribution in [0.3, 0.4) is 0 Å². The van der Waals surface area contributed by atoms with E-state index in [-0.39, 0.29) is 24.3 Å². The van der Waals surface area contributed by atoms with Crippen molar-refractivity contribution in [2.75, 3.05) is 5.32 Å². The molecule has 5 nitrogen and oxygen atoms in total. The minimum atomic E-state index is -0.900. The van der Waals surface area contributed by atoms with Crippen molar-refractivity contribution in [3.8, 4) is 11.3 Å². The number of hydrogen-bond donors (Lipinski definition) is 2. The van der Waals surface area contributed by atoms with Gasteiger partial charge in [-0.15, -0.1) is 11.3 Å². The van der Waals surface area contributed by atoms with Crippen LogP contribution in [0.4, 0.5) is 13.9 Å². The van der Waals surface area contributed by atoms with Crippen LogP contribution in [0.15, 0.2) is 23.6 Å². The SMILES string of the molecule is O=C(O)CC1(CC(=O)Nc2nc(-c3ccc(F)cc3F)cs2)CCCC1. The van der Waals surface area contributed by atoms with Gasteiger partial charge in [0.15, 0.2) is 5.13 Å². The lowest BCUT2D eigenvalue weighted by molar-refractivity contribution is -0.140. The molecule has 0 spiro atoms. The quantitative estimate of drug-likeness (QED) is 0.776. The number of carboxylic acids is 1. The highest BCUT2D eigenvalue weighted by Crippen LogP contribution is 2.44. The van der Waals surface area contributed by atoms with Gasteiger partial charge in [-0.1, -0.05) is 12.8 Å². The second kappa shape index (κ2) is 7.49. The zero-order valence-electron chi connectivity index (χ0n) is 13.9. The number of carbonyl (C=O) groups excluding carboxylic acids is 1. The molecule has 0 radical (unpaired) electrons. The number of amides is 1. The molecule has 26 heavy (non-hydrogen) atoms. The first-order valence-corrected chi connectivity index (χ1v) is 9.17. The molecule has 1 aliphatic carbocycles. The summed E-state index contributed by atoms with van der Waals surface area (Å²) in [6.45, 7) is 0. The fraction of sp³-hybridized carbons (Fsp3) is 0.389. The fourth-order valence-electron chi connectivity index (χ4n) is 3.52. The highest BCUT2D eigenvalue weighted by Gasteiger charge is 2.38. The Balaban J connectivity index is 1.68. The summed E-state index contributed by atoms with van der Waals surface area (Å²) in [5.74, 6) is -2.59. The van der Waals surface area contributed by atoms with Gasteiger partial charge in [-0.2, -0.15) is 0 Å². The summed E-state index contributed by atoms with van der Waals surface area (Å²) in [5, 5.41) is 13.7. The van der Waals surface area contributed by atoms with Crippen molar-refractivity contribution in [1.29, 1.82) is 0 Å². The molecule has 1 amide bonds. The monoisotopic (exact) mass is 380 g/mol. The molecule has 0 unspecified atom stereocenters. The van der Waals surface area contributed by atoms with Crippen LogP contribution >= 0.6 is 11.3 Å². The van der Waals surface area contributed by atoms with Crippen molar-refractivity contribution in [2.24, 2.45) is 5.41 Å². The number of rotatable bonds is 6. The van der Waals surface area contributed by atoms with Gasteiger partial charge in [-0.25, -0.2) is 13.8 Å². The predicted molar refractivity (Wildman–Crippen MR) is 93.9 cm³/mol. The van der Waals surface area contributed by atoms with Crippen LogP contribution in [-0.4, -0.2) is 22.0 Å². The lowest BCUT2D eigenvalue weighted by Gasteiger charge is -2.25. The zero-order valence-corrected chi connectivity index (χ0v) is 14.7. The average Bonchev–Trinajstić information content (AvgIpc) is 3.16. The molecule has 1 aromatic carbocycles. The molecule has 2 aromatic rings. The van der Waals surface area contributed by atoms with Crippen LogP contribution in [0.5, 0.6) is 0 Å². The second-order valence-corrected chi connectivity index (χ2v) is 7.52. The summed E-state index contributed by atoms with van der Waals surface area (Å²) < 4.78 is 26.8. The first kappa shape index (κ1) is 18.4. The Morgan fingerprint density at radius 2 is 1.96 bits per heavy atom. The molecule has 1 aromatic heterocycles. The number of thiazole rings is 1. The molecule has 0 atom stereocenters. The first-order chi connectivity index (χ1) is 12.4. The Labute approximate surface area is 153 Å². The largest absolute Gasteiger partial charge is 0.481 e. The maximum absolute atomic E-state index is 13.8. The highest BCUT2D eigenvalue weighted by atomic mass is 32.1. The number of hydrogen-bond acceptors (Lipinski definition) is 4. The number of nitrogens with one attached hydrogen (secondary N) is 1. The molecule has 2 N–H and O–H groups in total. The summed E-state index contributed by atoms with van der Waals surface area (Å²) in [7, 11) is 0. The van der Waals surface area contributed by atoms with E-state index >= 15 is 0 Å². The lowest BCUT2D eigenvalue weighted by atomic mass is 9.79. The lowest BCUT2D eigenvalue weighted by Crippen LogP contribution is -2.27. The molecular formula is C18H18F2N2O3S. The van der Waals surface area contributed by atoms with Gasteiger partial charge in [0.25, 0.3) is 0 Å². The Morgan fingerprint density at radius 3 is 2.62 bits per heavy atom. The van der Waals surface area contributed by atoms with E-state index in [9.17, 15) is 18.4 Å². The molecule has 3 rings (SSSR count). The third kappa shape index (κ3) is 4.24. The molecule has 1 heterocycles. The number of benzene rings is 1. The average molecular weight is 380 g/mol. The number of carbonyl (C=O) groups is 2. The van der Waals surface area contributed by atoms with Crippen LogP contribution in [0.1, 0.15) is 38.5 Å². The molecule has 0 bridgehead atoms. The maximum atomic E-state index is 13.8. The van der Waals surface area contributed by atoms with Crippen LogP contribution in [0.25, 0.3) is 11.3 Å². The molecule has 0 aliphatic heterocycles. The van der Waals surface area contributed by atoms with Crippen LogP contribution < -0.4 is 5.32 Å². The molecule has 1 aliphatic rings. The highest BCUT2D eigenvalue weighted by molar-refractivity contribution is 7.14. The molecule has 0 saturated heterocycles. The van der Waals surface area contributed by atoms with Crippen molar-refractivity contribution >= 4 is 28.3 Å². The maximum Gasteiger partial charge on any atom is 0.303 e. The van der Waals surface area contributed by atoms with E-state index in [0.29, 0.717) is 10.8 Å². The molecular weight excluding hydrogens is 362 g/mol. The summed E-state index contributed by atoms with van der Waals surface area (Å²) in [5.41, 5.74) is -0.0378. The van der Waals surface area contributed by atoms with E-state index in [0.717, 1.165) is 49.2 Å². The van der Waals surface area contributed by atoms with E-state index in [1.807, 2.05) is 0 Å². The Bertz CT molecular complexity index is 832. The third-order valence-corrected chi connectivity index (χ3v) is 5.44. The Morgan fingerprint density at radius 1 is 1.23 bits per heavy atom. The number of aliphatic carboxylic acids is 1. The van der Waals surface area contributed by atoms with Gasteiger partial charge in [-0.3, -0.25) is 9.59 Å². The summed E-state index contributed by atoms with van der Waals surface area (Å²) in [6.07, 6.45) is 3.38. The molecule has 8 heteroatoms. The topological polar surface area (TPSA) is 79.3 Å². The van der Waals surface area contributed by atoms with Gasteiger partial charge >= 0.3 is 5.97 Å². The normalized spacial score (nSPS) is 15.8. The van der Waals surface area contributed by atoms with E-state index in [1.54, 1.807) is 5.38 Å². The fourth-order valence-corrected chi connectivity index (χ4v) is 4.24. The van der Waals surface area contributed by atoms with E-state index in [1.165, 1.54) is 6.07 Å². The minimum Gasteiger partial charge on any atom is -0.481 e. The number of nitrogens with zero attached hydrogens (tertiary/aromatic N) is 1. The van der Waals surface area contributed by atoms with Gasteiger partial charge < -0.3 is 10.4 Å². The predicted octanol–water partition coefficient (Wildman–Crippen LogP) is 4.45. The Hall–Kier alpha value is -2.35. The van der Waals surface area contributed by atoms with Crippen molar-refractivity contribution in [3.05, 3.63) is 35.2 Å². The van der Waals surface area contributed by atoms with Crippen LogP contribution in [0, 0.1) is 17.0 Å². The van der Waals surface area contributed by atoms with Crippen molar-refractivity contribution in [3.63, 3.8) is 0 Å². The van der Waals surface area contributed by atoms with Gasteiger partial charge in [0.2, 0.25) is 5.91 Å². The van der Waals surface area contributed by atoms with Gasteiger partial charge in [0.1, 0.15) is 11.6 Å². The number of halogens is 2.